The molecule has 1 fully saturated rings. The maximum absolute atomic E-state index is 13.9. The largest absolute Gasteiger partial charge is 0.465 e. The molecule has 29 heavy (non-hydrogen) atoms. The average Bonchev–Trinajstić information content (AvgIpc) is 3.42. The Balaban J connectivity index is 2.21. The van der Waals surface area contributed by atoms with E-state index < -0.39 is 44.2 Å². The van der Waals surface area contributed by atoms with E-state index in [9.17, 15) is 22.4 Å². The van der Waals surface area contributed by atoms with Crippen LogP contribution in [-0.4, -0.2) is 38.8 Å². The van der Waals surface area contributed by atoms with Gasteiger partial charge in [0, 0.05) is 5.92 Å². The second kappa shape index (κ2) is 7.94. The predicted molar refractivity (Wildman–Crippen MR) is 102 cm³/mol. The topological polar surface area (TPSA) is 86.7 Å². The van der Waals surface area contributed by atoms with Crippen LogP contribution < -0.4 is 0 Å². The highest BCUT2D eigenvalue weighted by molar-refractivity contribution is 7.92. The first-order valence-electron chi connectivity index (χ1n) is 9.20. The summed E-state index contributed by atoms with van der Waals surface area (Å²) in [4.78, 5) is 25.8. The summed E-state index contributed by atoms with van der Waals surface area (Å²) in [5, 5.41) is -1.46. The molecule has 0 unspecified atom stereocenters. The molecule has 2 atom stereocenters. The fourth-order valence-corrected chi connectivity index (χ4v) is 6.05. The lowest BCUT2D eigenvalue weighted by Crippen LogP contribution is -2.35. The van der Waals surface area contributed by atoms with Gasteiger partial charge in [-0.1, -0.05) is 30.3 Å². The first-order valence-corrected chi connectivity index (χ1v) is 10.7. The molecule has 0 aromatic heterocycles. The van der Waals surface area contributed by atoms with Crippen LogP contribution in [0.4, 0.5) is 4.39 Å². The summed E-state index contributed by atoms with van der Waals surface area (Å²) >= 11 is 0. The number of ether oxygens (including phenoxy) is 2. The van der Waals surface area contributed by atoms with Gasteiger partial charge in [-0.05, 0) is 43.7 Å². The van der Waals surface area contributed by atoms with Gasteiger partial charge in [0.2, 0.25) is 0 Å². The molecule has 3 rings (SSSR count). The van der Waals surface area contributed by atoms with E-state index >= 15 is 0 Å². The predicted octanol–water partition coefficient (Wildman–Crippen LogP) is 2.88. The van der Waals surface area contributed by atoms with E-state index in [0.717, 1.165) is 6.07 Å². The van der Waals surface area contributed by atoms with E-state index in [4.69, 9.17) is 9.47 Å². The fourth-order valence-electron chi connectivity index (χ4n) is 3.75. The number of carbonyl (C=O) groups is 2. The number of carbonyl (C=O) groups excluding carboxylic acids is 2. The SMILES string of the molecule is CCOC(=O)C1(C(=O)OCC)[C@@H](c2cccc(F)c2)[C@@H]1S(=O)(=O)c1ccccc1. The van der Waals surface area contributed by atoms with Crippen LogP contribution in [0.5, 0.6) is 0 Å². The quantitative estimate of drug-likeness (QED) is 0.506. The van der Waals surface area contributed by atoms with Gasteiger partial charge in [0.1, 0.15) is 11.1 Å². The molecule has 2 aromatic carbocycles. The van der Waals surface area contributed by atoms with Crippen molar-refractivity contribution < 1.29 is 31.9 Å². The van der Waals surface area contributed by atoms with Gasteiger partial charge in [-0.15, -0.1) is 0 Å². The lowest BCUT2D eigenvalue weighted by atomic mass is 9.99. The highest BCUT2D eigenvalue weighted by atomic mass is 32.2. The molecule has 1 aliphatic carbocycles. The van der Waals surface area contributed by atoms with Crippen molar-refractivity contribution in [2.75, 3.05) is 13.2 Å². The number of rotatable bonds is 7. The van der Waals surface area contributed by atoms with Gasteiger partial charge < -0.3 is 9.47 Å². The Bertz CT molecular complexity index is 1000. The van der Waals surface area contributed by atoms with Crippen LogP contribution in [0.25, 0.3) is 0 Å². The van der Waals surface area contributed by atoms with Crippen LogP contribution in [0.15, 0.2) is 59.5 Å². The molecule has 2 aromatic rings. The zero-order valence-corrected chi connectivity index (χ0v) is 16.8. The van der Waals surface area contributed by atoms with Gasteiger partial charge in [0.05, 0.1) is 18.1 Å². The van der Waals surface area contributed by atoms with Crippen LogP contribution in [0, 0.1) is 11.2 Å². The number of esters is 2. The molecule has 0 heterocycles. The van der Waals surface area contributed by atoms with E-state index in [2.05, 4.69) is 0 Å². The minimum Gasteiger partial charge on any atom is -0.465 e. The number of hydrogen-bond donors (Lipinski definition) is 0. The molecule has 0 N–H and O–H groups in total. The zero-order valence-electron chi connectivity index (χ0n) is 16.0. The van der Waals surface area contributed by atoms with Crippen molar-refractivity contribution in [2.45, 2.75) is 29.9 Å². The highest BCUT2D eigenvalue weighted by Gasteiger charge is 2.81. The standard InChI is InChI=1S/C21H21FO6S/c1-3-27-19(23)21(20(24)28-4-2)17(14-9-8-10-15(22)13-14)18(21)29(25,26)16-11-6-5-7-12-16/h5-13,17-18H,3-4H2,1-2H3/t17-,18-/m0/s1. The molecule has 0 amide bonds. The van der Waals surface area contributed by atoms with Crippen molar-refractivity contribution in [3.05, 3.63) is 66.0 Å². The van der Waals surface area contributed by atoms with E-state index in [0.29, 0.717) is 0 Å². The van der Waals surface area contributed by atoms with Crippen molar-refractivity contribution in [3.63, 3.8) is 0 Å². The minimum atomic E-state index is -4.13. The monoisotopic (exact) mass is 420 g/mol. The number of halogens is 1. The molecule has 0 aliphatic heterocycles. The lowest BCUT2D eigenvalue weighted by molar-refractivity contribution is -0.164. The Hall–Kier alpha value is -2.74. The maximum atomic E-state index is 13.9. The summed E-state index contributed by atoms with van der Waals surface area (Å²) in [5.41, 5.74) is -1.87. The van der Waals surface area contributed by atoms with Crippen molar-refractivity contribution in [2.24, 2.45) is 5.41 Å². The smallest absolute Gasteiger partial charge is 0.325 e. The molecular formula is C21H21FO6S. The summed E-state index contributed by atoms with van der Waals surface area (Å²) in [6, 6.07) is 12.7. The van der Waals surface area contributed by atoms with Gasteiger partial charge in [-0.25, -0.2) is 12.8 Å². The molecular weight excluding hydrogens is 399 g/mol. The Kier molecular flexibility index (Phi) is 5.75. The molecule has 0 bridgehead atoms. The lowest BCUT2D eigenvalue weighted by Gasteiger charge is -2.15. The molecule has 8 heteroatoms. The van der Waals surface area contributed by atoms with Gasteiger partial charge in [-0.3, -0.25) is 9.59 Å². The summed E-state index contributed by atoms with van der Waals surface area (Å²) < 4.78 is 50.8. The second-order valence-electron chi connectivity index (χ2n) is 6.62. The van der Waals surface area contributed by atoms with E-state index in [1.165, 1.54) is 30.3 Å². The molecule has 6 nitrogen and oxygen atoms in total. The van der Waals surface area contributed by atoms with Gasteiger partial charge >= 0.3 is 11.9 Å². The second-order valence-corrected chi connectivity index (χ2v) is 8.69. The average molecular weight is 420 g/mol. The Labute approximate surface area is 168 Å². The zero-order chi connectivity index (χ0) is 21.2. The van der Waals surface area contributed by atoms with Gasteiger partial charge in [-0.2, -0.15) is 0 Å². The van der Waals surface area contributed by atoms with Crippen LogP contribution >= 0.6 is 0 Å². The normalized spacial score (nSPS) is 20.0. The third-order valence-corrected chi connectivity index (χ3v) is 7.21. The first-order chi connectivity index (χ1) is 13.8. The van der Waals surface area contributed by atoms with E-state index in [-0.39, 0.29) is 23.7 Å². The molecule has 0 radical (unpaired) electrons. The highest BCUT2D eigenvalue weighted by Crippen LogP contribution is 2.65. The molecule has 1 saturated carbocycles. The van der Waals surface area contributed by atoms with Crippen molar-refractivity contribution >= 4 is 21.8 Å². The summed E-state index contributed by atoms with van der Waals surface area (Å²) in [6.45, 7) is 3.01. The van der Waals surface area contributed by atoms with Crippen LogP contribution in [0.3, 0.4) is 0 Å². The number of sulfone groups is 1. The van der Waals surface area contributed by atoms with E-state index in [1.807, 2.05) is 0 Å². The molecule has 154 valence electrons. The maximum Gasteiger partial charge on any atom is 0.325 e. The summed E-state index contributed by atoms with van der Waals surface area (Å²) in [5.74, 6) is -3.71. The van der Waals surface area contributed by atoms with Gasteiger partial charge in [0.25, 0.3) is 0 Å². The Morgan fingerprint density at radius 3 is 2.07 bits per heavy atom. The Morgan fingerprint density at radius 2 is 1.55 bits per heavy atom. The third-order valence-electron chi connectivity index (χ3n) is 4.97. The number of hydrogen-bond acceptors (Lipinski definition) is 6. The van der Waals surface area contributed by atoms with Crippen molar-refractivity contribution in [1.29, 1.82) is 0 Å². The van der Waals surface area contributed by atoms with Gasteiger partial charge in [0.15, 0.2) is 15.3 Å². The number of benzene rings is 2. The van der Waals surface area contributed by atoms with Crippen LogP contribution in [0.1, 0.15) is 25.3 Å². The van der Waals surface area contributed by atoms with Crippen molar-refractivity contribution in [1.82, 2.24) is 0 Å². The summed E-state index contributed by atoms with van der Waals surface area (Å²) in [6.07, 6.45) is 0. The first kappa shape index (κ1) is 21.0. The molecule has 0 saturated heterocycles. The minimum absolute atomic E-state index is 0.0399. The van der Waals surface area contributed by atoms with E-state index in [1.54, 1.807) is 32.0 Å². The Morgan fingerprint density at radius 1 is 0.966 bits per heavy atom. The fraction of sp³-hybridized carbons (Fsp3) is 0.333. The molecule has 1 aliphatic rings. The third kappa shape index (κ3) is 3.42. The van der Waals surface area contributed by atoms with Crippen molar-refractivity contribution in [3.8, 4) is 0 Å². The van der Waals surface area contributed by atoms with Crippen LogP contribution in [0.2, 0.25) is 0 Å². The summed E-state index contributed by atoms with van der Waals surface area (Å²) in [7, 11) is -4.13. The van der Waals surface area contributed by atoms with Crippen LogP contribution in [-0.2, 0) is 28.9 Å². The molecule has 0 spiro atoms.